The van der Waals surface area contributed by atoms with Crippen LogP contribution < -0.4 is 0 Å². The van der Waals surface area contributed by atoms with Crippen molar-refractivity contribution in [3.63, 3.8) is 0 Å². The first-order chi connectivity index (χ1) is 7.95. The number of alkyl halides is 1. The number of nitrogens with zero attached hydrogens (tertiary/aromatic N) is 1. The average molecular weight is 298 g/mol. The Labute approximate surface area is 112 Å². The van der Waals surface area contributed by atoms with Gasteiger partial charge in [0.2, 0.25) is 0 Å². The number of rotatable bonds is 5. The molecule has 0 aliphatic rings. The van der Waals surface area contributed by atoms with E-state index in [4.69, 9.17) is 23.2 Å². The molecule has 0 aliphatic carbocycles. The zero-order chi connectivity index (χ0) is 13.0. The fourth-order valence-corrected chi connectivity index (χ4v) is 2.50. The summed E-state index contributed by atoms with van der Waals surface area (Å²) in [5, 5.41) is 10.5. The molecule has 1 aromatic rings. The van der Waals surface area contributed by atoms with Crippen LogP contribution >= 0.6 is 35.0 Å². The van der Waals surface area contributed by atoms with Gasteiger partial charge in [-0.2, -0.15) is 0 Å². The number of halogens is 3. The largest absolute Gasteiger partial charge is 0.284 e. The van der Waals surface area contributed by atoms with Gasteiger partial charge in [-0.3, -0.25) is 10.1 Å². The fraction of sp³-hybridized carbons (Fsp3) is 0.400. The zero-order valence-electron chi connectivity index (χ0n) is 8.95. The maximum Gasteiger partial charge on any atom is 0.284 e. The van der Waals surface area contributed by atoms with Crippen molar-refractivity contribution in [2.24, 2.45) is 5.92 Å². The molecule has 0 bridgehead atoms. The van der Waals surface area contributed by atoms with Gasteiger partial charge in [-0.1, -0.05) is 18.5 Å². The highest BCUT2D eigenvalue weighted by molar-refractivity contribution is 7.99. The van der Waals surface area contributed by atoms with E-state index in [9.17, 15) is 14.5 Å². The predicted octanol–water partition coefficient (Wildman–Crippen LogP) is 4.35. The van der Waals surface area contributed by atoms with E-state index < -0.39 is 10.7 Å². The Bertz CT molecular complexity index is 431. The van der Waals surface area contributed by atoms with Crippen LogP contribution in [0.3, 0.4) is 0 Å². The molecule has 0 N–H and O–H groups in total. The van der Waals surface area contributed by atoms with Crippen LogP contribution in [0.1, 0.15) is 6.92 Å². The highest BCUT2D eigenvalue weighted by atomic mass is 35.5. The average Bonchev–Trinajstić information content (AvgIpc) is 2.29. The van der Waals surface area contributed by atoms with Gasteiger partial charge >= 0.3 is 0 Å². The molecule has 0 saturated carbocycles. The first kappa shape index (κ1) is 14.5. The van der Waals surface area contributed by atoms with Crippen LogP contribution in [-0.4, -0.2) is 16.6 Å². The van der Waals surface area contributed by atoms with E-state index in [1.54, 1.807) is 0 Å². The lowest BCUT2D eigenvalue weighted by molar-refractivity contribution is -0.387. The van der Waals surface area contributed by atoms with Crippen LogP contribution in [0.15, 0.2) is 17.0 Å². The van der Waals surface area contributed by atoms with Gasteiger partial charge in [0.25, 0.3) is 5.69 Å². The van der Waals surface area contributed by atoms with Crippen molar-refractivity contribution >= 4 is 40.7 Å². The Kier molecular flexibility index (Phi) is 5.49. The maximum atomic E-state index is 13.2. The second-order valence-corrected chi connectivity index (χ2v) is 5.34. The summed E-state index contributed by atoms with van der Waals surface area (Å²) < 4.78 is 13.2. The molecular formula is C10H10Cl2FNO2S. The third-order valence-corrected chi connectivity index (χ3v) is 4.18. The van der Waals surface area contributed by atoms with Gasteiger partial charge in [0.1, 0.15) is 5.82 Å². The van der Waals surface area contributed by atoms with Gasteiger partial charge in [0.05, 0.1) is 14.8 Å². The van der Waals surface area contributed by atoms with E-state index in [2.05, 4.69) is 0 Å². The third kappa shape index (κ3) is 4.01. The lowest BCUT2D eigenvalue weighted by atomic mass is 10.3. The Morgan fingerprint density at radius 1 is 1.59 bits per heavy atom. The minimum Gasteiger partial charge on any atom is -0.258 e. The van der Waals surface area contributed by atoms with Gasteiger partial charge in [-0.15, -0.1) is 23.4 Å². The number of thioether (sulfide) groups is 1. The topological polar surface area (TPSA) is 43.1 Å². The SMILES string of the molecule is CC(CCl)CSc1cc(F)c(Cl)cc1[N+](=O)[O-]. The Morgan fingerprint density at radius 3 is 2.76 bits per heavy atom. The molecule has 1 atom stereocenters. The van der Waals surface area contributed by atoms with Crippen molar-refractivity contribution in [1.29, 1.82) is 0 Å². The van der Waals surface area contributed by atoms with Gasteiger partial charge in [-0.25, -0.2) is 4.39 Å². The molecule has 1 rings (SSSR count). The summed E-state index contributed by atoms with van der Waals surface area (Å²) in [5.41, 5.74) is -0.178. The van der Waals surface area contributed by atoms with Crippen LogP contribution in [-0.2, 0) is 0 Å². The summed E-state index contributed by atoms with van der Waals surface area (Å²) in [6, 6.07) is 2.12. The molecule has 0 aliphatic heterocycles. The van der Waals surface area contributed by atoms with E-state index in [0.29, 0.717) is 11.6 Å². The van der Waals surface area contributed by atoms with Gasteiger partial charge in [-0.05, 0) is 12.0 Å². The Hall–Kier alpha value is -0.520. The highest BCUT2D eigenvalue weighted by Gasteiger charge is 2.18. The van der Waals surface area contributed by atoms with Crippen molar-refractivity contribution in [2.75, 3.05) is 11.6 Å². The fourth-order valence-electron chi connectivity index (χ4n) is 1.05. The monoisotopic (exact) mass is 297 g/mol. The van der Waals surface area contributed by atoms with Crippen LogP contribution in [0.5, 0.6) is 0 Å². The molecule has 0 aromatic heterocycles. The summed E-state index contributed by atoms with van der Waals surface area (Å²) in [4.78, 5) is 10.5. The van der Waals surface area contributed by atoms with Gasteiger partial charge in [0.15, 0.2) is 0 Å². The van der Waals surface area contributed by atoms with Crippen LogP contribution in [0.4, 0.5) is 10.1 Å². The molecule has 1 unspecified atom stereocenters. The van der Waals surface area contributed by atoms with E-state index in [-0.39, 0.29) is 21.5 Å². The van der Waals surface area contributed by atoms with Crippen LogP contribution in [0, 0.1) is 21.8 Å². The smallest absolute Gasteiger partial charge is 0.258 e. The first-order valence-electron chi connectivity index (χ1n) is 4.78. The molecule has 0 saturated heterocycles. The Morgan fingerprint density at radius 2 is 2.24 bits per heavy atom. The summed E-state index contributed by atoms with van der Waals surface area (Å²) in [6.07, 6.45) is 0. The van der Waals surface area contributed by atoms with E-state index >= 15 is 0 Å². The highest BCUT2D eigenvalue weighted by Crippen LogP contribution is 2.34. The molecule has 3 nitrogen and oxygen atoms in total. The molecule has 7 heteroatoms. The molecule has 0 fully saturated rings. The molecule has 0 radical (unpaired) electrons. The lowest BCUT2D eigenvalue weighted by Crippen LogP contribution is -2.00. The summed E-state index contributed by atoms with van der Waals surface area (Å²) in [7, 11) is 0. The second kappa shape index (κ2) is 6.42. The number of nitro benzene ring substituents is 1. The molecule has 17 heavy (non-hydrogen) atoms. The van der Waals surface area contributed by atoms with Crippen molar-refractivity contribution in [3.05, 3.63) is 33.1 Å². The quantitative estimate of drug-likeness (QED) is 0.351. The molecular weight excluding hydrogens is 288 g/mol. The van der Waals surface area contributed by atoms with Crippen molar-refractivity contribution in [3.8, 4) is 0 Å². The summed E-state index contributed by atoms with van der Waals surface area (Å²) in [5.74, 6) is 0.584. The van der Waals surface area contributed by atoms with Gasteiger partial charge in [0, 0.05) is 17.7 Å². The molecule has 0 amide bonds. The first-order valence-corrected chi connectivity index (χ1v) is 6.67. The zero-order valence-corrected chi connectivity index (χ0v) is 11.3. The standard InChI is InChI=1S/C10H10Cl2FNO2S/c1-6(4-11)5-17-10-3-8(13)7(12)2-9(10)14(15)16/h2-3,6H,4-5H2,1H3. The van der Waals surface area contributed by atoms with Crippen LogP contribution in [0.2, 0.25) is 5.02 Å². The normalized spacial score (nSPS) is 12.5. The Balaban J connectivity index is 2.96. The van der Waals surface area contributed by atoms with Crippen molar-refractivity contribution < 1.29 is 9.31 Å². The lowest BCUT2D eigenvalue weighted by Gasteiger charge is -2.07. The second-order valence-electron chi connectivity index (χ2n) is 3.56. The summed E-state index contributed by atoms with van der Waals surface area (Å²) >= 11 is 12.4. The molecule has 0 heterocycles. The van der Waals surface area contributed by atoms with E-state index in [1.165, 1.54) is 11.8 Å². The molecule has 1 aromatic carbocycles. The minimum absolute atomic E-state index is 0.178. The number of hydrogen-bond acceptors (Lipinski definition) is 3. The molecule has 94 valence electrons. The number of hydrogen-bond donors (Lipinski definition) is 0. The number of nitro groups is 1. The van der Waals surface area contributed by atoms with E-state index in [0.717, 1.165) is 12.1 Å². The maximum absolute atomic E-state index is 13.2. The minimum atomic E-state index is -0.654. The van der Waals surface area contributed by atoms with Gasteiger partial charge < -0.3 is 0 Å². The van der Waals surface area contributed by atoms with Crippen molar-refractivity contribution in [2.45, 2.75) is 11.8 Å². The van der Waals surface area contributed by atoms with Crippen molar-refractivity contribution in [1.82, 2.24) is 0 Å². The number of benzene rings is 1. The van der Waals surface area contributed by atoms with E-state index in [1.807, 2.05) is 6.92 Å². The molecule has 0 spiro atoms. The summed E-state index contributed by atoms with van der Waals surface area (Å²) in [6.45, 7) is 1.91. The predicted molar refractivity (Wildman–Crippen MR) is 68.7 cm³/mol. The third-order valence-electron chi connectivity index (χ3n) is 1.99. The van der Waals surface area contributed by atoms with Crippen LogP contribution in [0.25, 0.3) is 0 Å².